The summed E-state index contributed by atoms with van der Waals surface area (Å²) in [6.45, 7) is 6.14. The van der Waals surface area contributed by atoms with Crippen molar-refractivity contribution in [2.75, 3.05) is 11.6 Å². The number of rotatable bonds is 5. The molecule has 152 valence electrons. The normalized spacial score (nSPS) is 22.0. The van der Waals surface area contributed by atoms with Crippen LogP contribution in [0, 0.1) is 18.8 Å². The molecule has 9 nitrogen and oxygen atoms in total. The molecule has 2 aromatic rings. The number of hydrogen-bond donors (Lipinski definition) is 3. The summed E-state index contributed by atoms with van der Waals surface area (Å²) in [7, 11) is 0. The van der Waals surface area contributed by atoms with E-state index in [0.29, 0.717) is 28.6 Å². The van der Waals surface area contributed by atoms with E-state index in [9.17, 15) is 9.59 Å². The minimum absolute atomic E-state index is 0.00372. The van der Waals surface area contributed by atoms with E-state index in [1.807, 2.05) is 0 Å². The number of nitrogen functional groups attached to an aromatic ring is 1. The second-order valence-electron chi connectivity index (χ2n) is 7.25. The third-order valence-electron chi connectivity index (χ3n) is 5.37. The van der Waals surface area contributed by atoms with Crippen LogP contribution < -0.4 is 16.5 Å². The number of nitrogens with zero attached hydrogens (tertiary/aromatic N) is 3. The van der Waals surface area contributed by atoms with Gasteiger partial charge in [0.25, 0.3) is 0 Å². The molecule has 4 N–H and O–H groups in total. The van der Waals surface area contributed by atoms with E-state index >= 15 is 0 Å². The summed E-state index contributed by atoms with van der Waals surface area (Å²) in [5.74, 6) is 7.70. The van der Waals surface area contributed by atoms with Crippen LogP contribution in [0.2, 0.25) is 0 Å². The summed E-state index contributed by atoms with van der Waals surface area (Å²) in [5.41, 5.74) is 0.738. The van der Waals surface area contributed by atoms with E-state index in [1.165, 1.54) is 11.1 Å². The van der Waals surface area contributed by atoms with E-state index in [2.05, 4.69) is 34.7 Å². The summed E-state index contributed by atoms with van der Waals surface area (Å²) >= 11 is 1.11. The van der Waals surface area contributed by atoms with Gasteiger partial charge in [-0.3, -0.25) is 10.1 Å². The molecule has 2 heterocycles. The molecule has 0 spiro atoms. The number of furan rings is 1. The zero-order valence-electron chi connectivity index (χ0n) is 16.3. The van der Waals surface area contributed by atoms with Crippen molar-refractivity contribution in [1.29, 1.82) is 0 Å². The van der Waals surface area contributed by atoms with Gasteiger partial charge in [0.05, 0.1) is 17.6 Å². The van der Waals surface area contributed by atoms with Crippen LogP contribution >= 0.6 is 11.8 Å². The molecule has 2 aromatic heterocycles. The summed E-state index contributed by atoms with van der Waals surface area (Å²) < 4.78 is 6.56. The van der Waals surface area contributed by atoms with Crippen LogP contribution in [0.3, 0.4) is 0 Å². The van der Waals surface area contributed by atoms with Crippen LogP contribution in [-0.2, 0) is 4.79 Å². The molecular weight excluding hydrogens is 380 g/mol. The highest BCUT2D eigenvalue weighted by Gasteiger charge is 2.28. The van der Waals surface area contributed by atoms with Crippen LogP contribution in [0.5, 0.6) is 0 Å². The van der Waals surface area contributed by atoms with Gasteiger partial charge in [0.15, 0.2) is 5.82 Å². The van der Waals surface area contributed by atoms with Crippen molar-refractivity contribution in [3.05, 3.63) is 18.1 Å². The Bertz CT molecular complexity index is 848. The van der Waals surface area contributed by atoms with Gasteiger partial charge in [-0.1, -0.05) is 38.5 Å². The first kappa shape index (κ1) is 20.2. The number of carbonyl (C=O) groups excluding carboxylic acids is 2. The number of aryl methyl sites for hydroxylation is 1. The molecular formula is C18H26N6O3S. The highest BCUT2D eigenvalue weighted by molar-refractivity contribution is 7.99. The second-order valence-corrected chi connectivity index (χ2v) is 8.19. The van der Waals surface area contributed by atoms with E-state index in [1.54, 1.807) is 19.3 Å². The number of carbonyl (C=O) groups is 2. The first-order valence-electron chi connectivity index (χ1n) is 9.35. The Morgan fingerprint density at radius 3 is 2.86 bits per heavy atom. The molecule has 0 bridgehead atoms. The largest absolute Gasteiger partial charge is 0.469 e. The number of imide groups is 1. The fourth-order valence-corrected chi connectivity index (χ4v) is 4.12. The SMILES string of the molecule is Cc1occc1-c1nnc(SCC(=O)NC(=O)N[C@@H]2CCC[C@H](C)[C@@H]2C)n1N. The summed E-state index contributed by atoms with van der Waals surface area (Å²) in [5, 5.41) is 13.7. The fraction of sp³-hybridized carbons (Fsp3) is 0.556. The molecule has 0 aromatic carbocycles. The van der Waals surface area contributed by atoms with Gasteiger partial charge in [0.1, 0.15) is 5.76 Å². The third kappa shape index (κ3) is 4.49. The topological polar surface area (TPSA) is 128 Å². The Morgan fingerprint density at radius 1 is 1.36 bits per heavy atom. The first-order valence-corrected chi connectivity index (χ1v) is 10.3. The molecule has 3 amide bonds. The number of amides is 3. The Hall–Kier alpha value is -2.49. The summed E-state index contributed by atoms with van der Waals surface area (Å²) in [6, 6.07) is 1.39. The highest BCUT2D eigenvalue weighted by Crippen LogP contribution is 2.29. The van der Waals surface area contributed by atoms with Crippen LogP contribution in [0.4, 0.5) is 4.79 Å². The maximum absolute atomic E-state index is 12.1. The van der Waals surface area contributed by atoms with Crippen LogP contribution in [-0.4, -0.2) is 38.6 Å². The zero-order valence-corrected chi connectivity index (χ0v) is 17.1. The lowest BCUT2D eigenvalue weighted by Gasteiger charge is -2.34. The molecule has 1 aliphatic rings. The van der Waals surface area contributed by atoms with Gasteiger partial charge in [0, 0.05) is 6.04 Å². The Balaban J connectivity index is 1.50. The fourth-order valence-electron chi connectivity index (χ4n) is 3.46. The maximum Gasteiger partial charge on any atom is 0.321 e. The van der Waals surface area contributed by atoms with Gasteiger partial charge >= 0.3 is 6.03 Å². The van der Waals surface area contributed by atoms with Gasteiger partial charge in [0.2, 0.25) is 11.1 Å². The number of thioether (sulfide) groups is 1. The Morgan fingerprint density at radius 2 is 2.14 bits per heavy atom. The highest BCUT2D eigenvalue weighted by atomic mass is 32.2. The average molecular weight is 407 g/mol. The molecule has 28 heavy (non-hydrogen) atoms. The standard InChI is InChI=1S/C18H26N6O3S/c1-10-5-4-6-14(11(10)2)20-17(26)21-15(25)9-28-18-23-22-16(24(18)19)13-7-8-27-12(13)3/h7-8,10-11,14H,4-6,9,19H2,1-3H3,(H2,20,21,25,26)/t10-,11-,14+/m0/s1. The van der Waals surface area contributed by atoms with Crippen LogP contribution in [0.15, 0.2) is 21.9 Å². The van der Waals surface area contributed by atoms with Gasteiger partial charge in [-0.2, -0.15) is 0 Å². The van der Waals surface area contributed by atoms with E-state index in [4.69, 9.17) is 10.3 Å². The molecule has 0 saturated heterocycles. The van der Waals surface area contributed by atoms with Crippen LogP contribution in [0.1, 0.15) is 38.9 Å². The molecule has 10 heteroatoms. The lowest BCUT2D eigenvalue weighted by atomic mass is 9.78. The molecule has 1 aliphatic carbocycles. The second kappa shape index (κ2) is 8.68. The minimum atomic E-state index is -0.458. The van der Waals surface area contributed by atoms with Crippen molar-refractivity contribution in [2.24, 2.45) is 11.8 Å². The van der Waals surface area contributed by atoms with Crippen molar-refractivity contribution in [3.63, 3.8) is 0 Å². The average Bonchev–Trinajstić information content (AvgIpc) is 3.22. The lowest BCUT2D eigenvalue weighted by Crippen LogP contribution is -2.49. The van der Waals surface area contributed by atoms with E-state index in [-0.39, 0.29) is 11.8 Å². The molecule has 0 unspecified atom stereocenters. The molecule has 0 aliphatic heterocycles. The van der Waals surface area contributed by atoms with Gasteiger partial charge in [-0.25, -0.2) is 9.47 Å². The smallest absolute Gasteiger partial charge is 0.321 e. The maximum atomic E-state index is 12.1. The summed E-state index contributed by atoms with van der Waals surface area (Å²) in [4.78, 5) is 24.2. The van der Waals surface area contributed by atoms with E-state index in [0.717, 1.165) is 30.2 Å². The number of urea groups is 1. The van der Waals surface area contributed by atoms with Crippen molar-refractivity contribution < 1.29 is 14.0 Å². The molecule has 3 atom stereocenters. The van der Waals surface area contributed by atoms with Gasteiger partial charge < -0.3 is 15.6 Å². The van der Waals surface area contributed by atoms with Gasteiger partial charge in [-0.15, -0.1) is 10.2 Å². The molecule has 1 saturated carbocycles. The third-order valence-corrected chi connectivity index (χ3v) is 6.32. The Kier molecular flexibility index (Phi) is 6.28. The molecule has 3 rings (SSSR count). The van der Waals surface area contributed by atoms with Crippen molar-refractivity contribution in [1.82, 2.24) is 25.5 Å². The predicted molar refractivity (Wildman–Crippen MR) is 106 cm³/mol. The minimum Gasteiger partial charge on any atom is -0.469 e. The van der Waals surface area contributed by atoms with Crippen molar-refractivity contribution in [2.45, 2.75) is 51.2 Å². The summed E-state index contributed by atoms with van der Waals surface area (Å²) in [6.07, 6.45) is 4.75. The number of aromatic nitrogens is 3. The van der Waals surface area contributed by atoms with Crippen molar-refractivity contribution in [3.8, 4) is 11.4 Å². The number of nitrogens with two attached hydrogens (primary N) is 1. The lowest BCUT2D eigenvalue weighted by molar-refractivity contribution is -0.117. The van der Waals surface area contributed by atoms with Crippen LogP contribution in [0.25, 0.3) is 11.4 Å². The Labute approximate surface area is 167 Å². The number of hydrogen-bond acceptors (Lipinski definition) is 7. The van der Waals surface area contributed by atoms with E-state index < -0.39 is 11.9 Å². The quantitative estimate of drug-likeness (QED) is 0.513. The molecule has 1 fully saturated rings. The van der Waals surface area contributed by atoms with Gasteiger partial charge in [-0.05, 0) is 31.2 Å². The zero-order chi connectivity index (χ0) is 20.3. The molecule has 0 radical (unpaired) electrons. The first-order chi connectivity index (χ1) is 13.4. The predicted octanol–water partition coefficient (Wildman–Crippen LogP) is 2.30. The monoisotopic (exact) mass is 406 g/mol. The van der Waals surface area contributed by atoms with Crippen molar-refractivity contribution >= 4 is 23.7 Å². The number of nitrogens with one attached hydrogen (secondary N) is 2.